The van der Waals surface area contributed by atoms with E-state index in [9.17, 15) is 9.59 Å². The molecular weight excluding hydrogens is 306 g/mol. The van der Waals surface area contributed by atoms with Gasteiger partial charge < -0.3 is 15.5 Å². The van der Waals surface area contributed by atoms with Gasteiger partial charge in [0, 0.05) is 25.0 Å². The second kappa shape index (κ2) is 5.92. The maximum Gasteiger partial charge on any atom is 0.228 e. The van der Waals surface area contributed by atoms with Crippen molar-refractivity contribution in [1.29, 1.82) is 0 Å². The summed E-state index contributed by atoms with van der Waals surface area (Å²) in [6.07, 6.45) is 3.96. The third-order valence-corrected chi connectivity index (χ3v) is 4.30. The molecule has 0 bridgehead atoms. The molecule has 24 heavy (non-hydrogen) atoms. The second-order valence-electron chi connectivity index (χ2n) is 6.13. The Balaban J connectivity index is 1.29. The molecule has 1 fully saturated rings. The molecule has 1 saturated heterocycles. The molecule has 0 aliphatic carbocycles. The molecular formula is C17H17N5O2. The van der Waals surface area contributed by atoms with Crippen LogP contribution in [-0.4, -0.2) is 40.9 Å². The first-order valence-electron chi connectivity index (χ1n) is 7.89. The van der Waals surface area contributed by atoms with Crippen LogP contribution in [0, 0.1) is 0 Å². The first-order valence-corrected chi connectivity index (χ1v) is 7.89. The third kappa shape index (κ3) is 2.92. The Bertz CT molecular complexity index is 787. The average molecular weight is 323 g/mol. The highest BCUT2D eigenvalue weighted by Crippen LogP contribution is 2.24. The lowest BCUT2D eigenvalue weighted by molar-refractivity contribution is -0.121. The van der Waals surface area contributed by atoms with Gasteiger partial charge in [-0.2, -0.15) is 0 Å². The SMILES string of the molecule is O=C1Cc2ccc(CC(=O)NC3CN(c4ccncn4)C3)cc2N1. The van der Waals surface area contributed by atoms with Gasteiger partial charge in [0.1, 0.15) is 12.1 Å². The van der Waals surface area contributed by atoms with Crippen molar-refractivity contribution in [2.24, 2.45) is 0 Å². The molecule has 2 aliphatic heterocycles. The molecule has 7 nitrogen and oxygen atoms in total. The van der Waals surface area contributed by atoms with Crippen LogP contribution < -0.4 is 15.5 Å². The third-order valence-electron chi connectivity index (χ3n) is 4.30. The normalized spacial score (nSPS) is 16.3. The number of benzene rings is 1. The number of hydrogen-bond acceptors (Lipinski definition) is 5. The number of amides is 2. The number of anilines is 2. The van der Waals surface area contributed by atoms with Gasteiger partial charge in [0.15, 0.2) is 0 Å². The zero-order valence-corrected chi connectivity index (χ0v) is 13.0. The van der Waals surface area contributed by atoms with E-state index in [1.165, 1.54) is 6.33 Å². The van der Waals surface area contributed by atoms with Crippen LogP contribution in [0.2, 0.25) is 0 Å². The van der Waals surface area contributed by atoms with Gasteiger partial charge in [-0.05, 0) is 23.3 Å². The monoisotopic (exact) mass is 323 g/mol. The number of carbonyl (C=O) groups excluding carboxylic acids is 2. The van der Waals surface area contributed by atoms with Crippen molar-refractivity contribution in [3.8, 4) is 0 Å². The molecule has 3 heterocycles. The van der Waals surface area contributed by atoms with E-state index in [-0.39, 0.29) is 17.9 Å². The summed E-state index contributed by atoms with van der Waals surface area (Å²) in [5.74, 6) is 0.877. The van der Waals surface area contributed by atoms with E-state index in [0.29, 0.717) is 12.8 Å². The lowest BCUT2D eigenvalue weighted by Gasteiger charge is -2.40. The number of fused-ring (bicyclic) bond motifs is 1. The van der Waals surface area contributed by atoms with E-state index in [1.807, 2.05) is 24.3 Å². The molecule has 2 aliphatic rings. The maximum atomic E-state index is 12.2. The number of nitrogens with one attached hydrogen (secondary N) is 2. The Kier molecular flexibility index (Phi) is 3.60. The molecule has 0 atom stereocenters. The lowest BCUT2D eigenvalue weighted by atomic mass is 10.1. The van der Waals surface area contributed by atoms with E-state index < -0.39 is 0 Å². The van der Waals surface area contributed by atoms with Gasteiger partial charge >= 0.3 is 0 Å². The Labute approximate surface area is 139 Å². The smallest absolute Gasteiger partial charge is 0.228 e. The Morgan fingerprint density at radius 3 is 3.00 bits per heavy atom. The molecule has 0 spiro atoms. The number of rotatable bonds is 4. The molecule has 0 unspecified atom stereocenters. The zero-order valence-electron chi connectivity index (χ0n) is 13.0. The maximum absolute atomic E-state index is 12.2. The minimum absolute atomic E-state index is 0.00545. The highest BCUT2D eigenvalue weighted by atomic mass is 16.2. The van der Waals surface area contributed by atoms with E-state index in [4.69, 9.17) is 0 Å². The van der Waals surface area contributed by atoms with Crippen LogP contribution in [-0.2, 0) is 22.4 Å². The Hall–Kier alpha value is -2.96. The standard InChI is InChI=1S/C17H17N5O2/c23-16(6-11-1-2-12-7-17(24)21-14(12)5-11)20-13-8-22(9-13)15-3-4-18-10-19-15/h1-5,10,13H,6-9H2,(H,20,23)(H,21,24). The van der Waals surface area contributed by atoms with Crippen molar-refractivity contribution in [3.05, 3.63) is 47.9 Å². The van der Waals surface area contributed by atoms with Gasteiger partial charge in [-0.25, -0.2) is 9.97 Å². The quantitative estimate of drug-likeness (QED) is 0.856. The van der Waals surface area contributed by atoms with Crippen LogP contribution in [0.25, 0.3) is 0 Å². The van der Waals surface area contributed by atoms with Crippen molar-refractivity contribution in [1.82, 2.24) is 15.3 Å². The summed E-state index contributed by atoms with van der Waals surface area (Å²) in [7, 11) is 0. The highest BCUT2D eigenvalue weighted by molar-refractivity contribution is 5.99. The van der Waals surface area contributed by atoms with Crippen LogP contribution >= 0.6 is 0 Å². The van der Waals surface area contributed by atoms with E-state index >= 15 is 0 Å². The molecule has 0 saturated carbocycles. The van der Waals surface area contributed by atoms with Gasteiger partial charge in [-0.15, -0.1) is 0 Å². The van der Waals surface area contributed by atoms with Crippen molar-refractivity contribution in [2.75, 3.05) is 23.3 Å². The summed E-state index contributed by atoms with van der Waals surface area (Å²) in [6.45, 7) is 1.51. The number of aromatic nitrogens is 2. The predicted octanol–water partition coefficient (Wildman–Crippen LogP) is 0.519. The number of nitrogens with zero attached hydrogens (tertiary/aromatic N) is 3. The Morgan fingerprint density at radius 2 is 2.21 bits per heavy atom. The van der Waals surface area contributed by atoms with Gasteiger partial charge in [0.25, 0.3) is 0 Å². The van der Waals surface area contributed by atoms with Crippen molar-refractivity contribution < 1.29 is 9.59 Å². The summed E-state index contributed by atoms with van der Waals surface area (Å²) in [5.41, 5.74) is 2.72. The largest absolute Gasteiger partial charge is 0.352 e. The summed E-state index contributed by atoms with van der Waals surface area (Å²) in [6, 6.07) is 7.70. The van der Waals surface area contributed by atoms with E-state index in [0.717, 1.165) is 35.7 Å². The van der Waals surface area contributed by atoms with Gasteiger partial charge in [0.2, 0.25) is 11.8 Å². The number of hydrogen-bond donors (Lipinski definition) is 2. The van der Waals surface area contributed by atoms with Crippen LogP contribution in [0.4, 0.5) is 11.5 Å². The fourth-order valence-electron chi connectivity index (χ4n) is 3.06. The molecule has 7 heteroatoms. The first-order chi connectivity index (χ1) is 11.7. The number of carbonyl (C=O) groups is 2. The molecule has 0 radical (unpaired) electrons. The van der Waals surface area contributed by atoms with Gasteiger partial charge in [-0.3, -0.25) is 9.59 Å². The minimum atomic E-state index is -0.00777. The van der Waals surface area contributed by atoms with Gasteiger partial charge in [-0.1, -0.05) is 12.1 Å². The average Bonchev–Trinajstić information content (AvgIpc) is 2.90. The summed E-state index contributed by atoms with van der Waals surface area (Å²) < 4.78 is 0. The highest BCUT2D eigenvalue weighted by Gasteiger charge is 2.29. The summed E-state index contributed by atoms with van der Waals surface area (Å²) >= 11 is 0. The lowest BCUT2D eigenvalue weighted by Crippen LogP contribution is -2.59. The Morgan fingerprint density at radius 1 is 1.33 bits per heavy atom. The fraction of sp³-hybridized carbons (Fsp3) is 0.294. The van der Waals surface area contributed by atoms with Crippen molar-refractivity contribution in [2.45, 2.75) is 18.9 Å². The molecule has 1 aromatic carbocycles. The predicted molar refractivity (Wildman–Crippen MR) is 88.7 cm³/mol. The molecule has 4 rings (SSSR count). The van der Waals surface area contributed by atoms with Crippen molar-refractivity contribution >= 4 is 23.3 Å². The molecule has 122 valence electrons. The first kappa shape index (κ1) is 14.6. The van der Waals surface area contributed by atoms with Crippen LogP contribution in [0.15, 0.2) is 36.8 Å². The minimum Gasteiger partial charge on any atom is -0.352 e. The topological polar surface area (TPSA) is 87.2 Å². The molecule has 2 aromatic rings. The summed E-state index contributed by atoms with van der Waals surface area (Å²) in [4.78, 5) is 33.7. The van der Waals surface area contributed by atoms with Crippen LogP contribution in [0.3, 0.4) is 0 Å². The van der Waals surface area contributed by atoms with Gasteiger partial charge in [0.05, 0.1) is 18.9 Å². The molecule has 2 N–H and O–H groups in total. The summed E-state index contributed by atoms with van der Waals surface area (Å²) in [5, 5.41) is 5.84. The fourth-order valence-corrected chi connectivity index (χ4v) is 3.06. The van der Waals surface area contributed by atoms with Crippen molar-refractivity contribution in [3.63, 3.8) is 0 Å². The van der Waals surface area contributed by atoms with Crippen LogP contribution in [0.1, 0.15) is 11.1 Å². The van der Waals surface area contributed by atoms with E-state index in [2.05, 4.69) is 25.5 Å². The molecule has 1 aromatic heterocycles. The molecule has 2 amide bonds. The van der Waals surface area contributed by atoms with E-state index in [1.54, 1.807) is 6.20 Å². The second-order valence-corrected chi connectivity index (χ2v) is 6.13. The zero-order chi connectivity index (χ0) is 16.5. The van der Waals surface area contributed by atoms with Crippen LogP contribution in [0.5, 0.6) is 0 Å².